The Labute approximate surface area is 112 Å². The maximum absolute atomic E-state index is 12.0. The average molecular weight is 265 g/mol. The molecule has 0 fully saturated rings. The van der Waals surface area contributed by atoms with Crippen molar-refractivity contribution in [3.63, 3.8) is 0 Å². The Balaban J connectivity index is 2.77. The summed E-state index contributed by atoms with van der Waals surface area (Å²) in [5.41, 5.74) is 2.17. The molecule has 6 nitrogen and oxygen atoms in total. The quantitative estimate of drug-likeness (QED) is 0.853. The van der Waals surface area contributed by atoms with E-state index in [1.165, 1.54) is 4.90 Å². The molecule has 0 atom stereocenters. The van der Waals surface area contributed by atoms with Gasteiger partial charge < -0.3 is 15.3 Å². The summed E-state index contributed by atoms with van der Waals surface area (Å²) in [6.45, 7) is 5.64. The number of rotatable bonds is 5. The highest BCUT2D eigenvalue weighted by Crippen LogP contribution is 2.13. The molecule has 0 aliphatic heterocycles. The molecule has 0 radical (unpaired) electrons. The number of hydrogen-bond donors (Lipinski definition) is 2. The molecule has 0 aliphatic carbocycles. The number of hydrogen-bond acceptors (Lipinski definition) is 3. The standard InChI is InChI=1S/C13H19N3O3/c1-4-7-16(8-12(17)18)13(19)15-11-6-5-9(2)14-10(11)3/h5-6H,4,7-8H2,1-3H3,(H,15,19)(H,17,18). The third-order valence-electron chi connectivity index (χ3n) is 2.57. The van der Waals surface area contributed by atoms with Crippen molar-refractivity contribution in [2.75, 3.05) is 18.4 Å². The van der Waals surface area contributed by atoms with E-state index < -0.39 is 12.0 Å². The zero-order chi connectivity index (χ0) is 14.4. The molecule has 0 saturated heterocycles. The maximum Gasteiger partial charge on any atom is 0.323 e. The van der Waals surface area contributed by atoms with Gasteiger partial charge >= 0.3 is 12.0 Å². The lowest BCUT2D eigenvalue weighted by molar-refractivity contribution is -0.137. The van der Waals surface area contributed by atoms with E-state index in [2.05, 4.69) is 10.3 Å². The zero-order valence-corrected chi connectivity index (χ0v) is 11.4. The first-order valence-corrected chi connectivity index (χ1v) is 6.16. The summed E-state index contributed by atoms with van der Waals surface area (Å²) in [7, 11) is 0. The molecule has 0 aromatic carbocycles. The predicted molar refractivity (Wildman–Crippen MR) is 72.2 cm³/mol. The number of carbonyl (C=O) groups excluding carboxylic acids is 1. The molecule has 2 amide bonds. The number of carbonyl (C=O) groups is 2. The molecule has 1 heterocycles. The van der Waals surface area contributed by atoms with Crippen molar-refractivity contribution in [1.29, 1.82) is 0 Å². The number of anilines is 1. The topological polar surface area (TPSA) is 82.5 Å². The molecule has 104 valence electrons. The second-order valence-electron chi connectivity index (χ2n) is 4.33. The lowest BCUT2D eigenvalue weighted by Gasteiger charge is -2.21. The second-order valence-corrected chi connectivity index (χ2v) is 4.33. The number of urea groups is 1. The lowest BCUT2D eigenvalue weighted by atomic mass is 10.3. The Kier molecular flexibility index (Phi) is 5.29. The van der Waals surface area contributed by atoms with Crippen LogP contribution in [-0.2, 0) is 4.79 Å². The Bertz CT molecular complexity index is 474. The van der Waals surface area contributed by atoms with Crippen molar-refractivity contribution in [3.8, 4) is 0 Å². The van der Waals surface area contributed by atoms with E-state index >= 15 is 0 Å². The largest absolute Gasteiger partial charge is 0.480 e. The van der Waals surface area contributed by atoms with Crippen molar-refractivity contribution < 1.29 is 14.7 Å². The van der Waals surface area contributed by atoms with Crippen LogP contribution in [0.4, 0.5) is 10.5 Å². The minimum atomic E-state index is -1.03. The van der Waals surface area contributed by atoms with Gasteiger partial charge in [0.2, 0.25) is 0 Å². The Morgan fingerprint density at radius 1 is 1.37 bits per heavy atom. The normalized spacial score (nSPS) is 10.1. The smallest absolute Gasteiger partial charge is 0.323 e. The van der Waals surface area contributed by atoms with Gasteiger partial charge in [-0.05, 0) is 32.4 Å². The summed E-state index contributed by atoms with van der Waals surface area (Å²) in [5.74, 6) is -1.03. The van der Waals surface area contributed by atoms with Crippen LogP contribution in [0.2, 0.25) is 0 Å². The third kappa shape index (κ3) is 4.57. The molecule has 1 aromatic heterocycles. The van der Waals surface area contributed by atoms with Gasteiger partial charge in [-0.1, -0.05) is 6.92 Å². The van der Waals surface area contributed by atoms with Gasteiger partial charge in [0.05, 0.1) is 11.4 Å². The molecule has 19 heavy (non-hydrogen) atoms. The second kappa shape index (κ2) is 6.72. The number of carboxylic acid groups (broad SMARTS) is 1. The first kappa shape index (κ1) is 14.9. The highest BCUT2D eigenvalue weighted by molar-refractivity contribution is 5.91. The minimum absolute atomic E-state index is 0.308. The fraction of sp³-hybridized carbons (Fsp3) is 0.462. The van der Waals surface area contributed by atoms with E-state index in [-0.39, 0.29) is 6.54 Å². The van der Waals surface area contributed by atoms with Crippen LogP contribution in [0.5, 0.6) is 0 Å². The van der Waals surface area contributed by atoms with E-state index in [0.29, 0.717) is 24.3 Å². The number of pyridine rings is 1. The molecule has 0 spiro atoms. The van der Waals surface area contributed by atoms with Crippen LogP contribution in [0, 0.1) is 13.8 Å². The lowest BCUT2D eigenvalue weighted by Crippen LogP contribution is -2.39. The number of aliphatic carboxylic acids is 1. The highest BCUT2D eigenvalue weighted by atomic mass is 16.4. The van der Waals surface area contributed by atoms with Crippen LogP contribution in [0.15, 0.2) is 12.1 Å². The first-order chi connectivity index (χ1) is 8.93. The summed E-state index contributed by atoms with van der Waals surface area (Å²) in [4.78, 5) is 28.2. The van der Waals surface area contributed by atoms with Crippen LogP contribution in [-0.4, -0.2) is 40.1 Å². The zero-order valence-electron chi connectivity index (χ0n) is 11.4. The Morgan fingerprint density at radius 2 is 2.05 bits per heavy atom. The maximum atomic E-state index is 12.0. The third-order valence-corrected chi connectivity index (χ3v) is 2.57. The van der Waals surface area contributed by atoms with E-state index in [1.54, 1.807) is 19.1 Å². The van der Waals surface area contributed by atoms with Gasteiger partial charge in [0.1, 0.15) is 6.54 Å². The van der Waals surface area contributed by atoms with Gasteiger partial charge in [-0.3, -0.25) is 9.78 Å². The first-order valence-electron chi connectivity index (χ1n) is 6.16. The minimum Gasteiger partial charge on any atom is -0.480 e. The molecular weight excluding hydrogens is 246 g/mol. The molecular formula is C13H19N3O3. The molecule has 0 aliphatic rings. The molecule has 0 unspecified atom stereocenters. The van der Waals surface area contributed by atoms with E-state index in [4.69, 9.17) is 5.11 Å². The van der Waals surface area contributed by atoms with Crippen molar-refractivity contribution >= 4 is 17.7 Å². The number of aryl methyl sites for hydroxylation is 2. The molecule has 2 N–H and O–H groups in total. The average Bonchev–Trinajstić information content (AvgIpc) is 2.31. The van der Waals surface area contributed by atoms with Crippen LogP contribution in [0.3, 0.4) is 0 Å². The number of amides is 2. The highest BCUT2D eigenvalue weighted by Gasteiger charge is 2.16. The van der Waals surface area contributed by atoms with Gasteiger partial charge in [-0.25, -0.2) is 4.79 Å². The number of carboxylic acids is 1. The Morgan fingerprint density at radius 3 is 2.58 bits per heavy atom. The van der Waals surface area contributed by atoms with E-state index in [1.807, 2.05) is 13.8 Å². The van der Waals surface area contributed by atoms with Crippen LogP contribution in [0.1, 0.15) is 24.7 Å². The van der Waals surface area contributed by atoms with Crippen molar-refractivity contribution in [2.45, 2.75) is 27.2 Å². The monoisotopic (exact) mass is 265 g/mol. The van der Waals surface area contributed by atoms with Gasteiger partial charge in [0.25, 0.3) is 0 Å². The van der Waals surface area contributed by atoms with Crippen LogP contribution < -0.4 is 5.32 Å². The van der Waals surface area contributed by atoms with Crippen molar-refractivity contribution in [3.05, 3.63) is 23.5 Å². The molecule has 0 saturated carbocycles. The Hall–Kier alpha value is -2.11. The van der Waals surface area contributed by atoms with Gasteiger partial charge in [0, 0.05) is 12.2 Å². The molecule has 1 rings (SSSR count). The fourth-order valence-corrected chi connectivity index (χ4v) is 1.70. The summed E-state index contributed by atoms with van der Waals surface area (Å²) in [6, 6.07) is 3.14. The van der Waals surface area contributed by atoms with Crippen LogP contribution >= 0.6 is 0 Å². The summed E-state index contributed by atoms with van der Waals surface area (Å²) in [6.07, 6.45) is 0.700. The van der Waals surface area contributed by atoms with Gasteiger partial charge in [-0.2, -0.15) is 0 Å². The SMILES string of the molecule is CCCN(CC(=O)O)C(=O)Nc1ccc(C)nc1C. The number of nitrogens with one attached hydrogen (secondary N) is 1. The molecule has 1 aromatic rings. The summed E-state index contributed by atoms with van der Waals surface area (Å²) in [5, 5.41) is 11.5. The molecule has 0 bridgehead atoms. The predicted octanol–water partition coefficient (Wildman–Crippen LogP) is 2.03. The number of nitrogens with zero attached hydrogens (tertiary/aromatic N) is 2. The van der Waals surface area contributed by atoms with Gasteiger partial charge in [-0.15, -0.1) is 0 Å². The van der Waals surface area contributed by atoms with Crippen molar-refractivity contribution in [1.82, 2.24) is 9.88 Å². The van der Waals surface area contributed by atoms with Gasteiger partial charge in [0.15, 0.2) is 0 Å². The molecule has 6 heteroatoms. The summed E-state index contributed by atoms with van der Waals surface area (Å²) < 4.78 is 0. The van der Waals surface area contributed by atoms with Crippen molar-refractivity contribution in [2.24, 2.45) is 0 Å². The summed E-state index contributed by atoms with van der Waals surface area (Å²) >= 11 is 0. The van der Waals surface area contributed by atoms with E-state index in [9.17, 15) is 9.59 Å². The fourth-order valence-electron chi connectivity index (χ4n) is 1.70. The number of aromatic nitrogens is 1. The van der Waals surface area contributed by atoms with E-state index in [0.717, 1.165) is 5.69 Å². The van der Waals surface area contributed by atoms with Crippen LogP contribution in [0.25, 0.3) is 0 Å².